The van der Waals surface area contributed by atoms with Crippen molar-refractivity contribution >= 4 is 16.8 Å². The molecule has 0 aromatic rings. The largest absolute Gasteiger partial charge is 0.445 e. The number of nitrogens with zero attached hydrogens (tertiary/aromatic N) is 1. The van der Waals surface area contributed by atoms with Gasteiger partial charge in [0.25, 0.3) is 8.48 Å². The van der Waals surface area contributed by atoms with Crippen molar-refractivity contribution in [3.8, 4) is 0 Å². The van der Waals surface area contributed by atoms with Gasteiger partial charge in [-0.25, -0.2) is 0 Å². The molecule has 0 heterocycles. The lowest BCUT2D eigenvalue weighted by atomic mass is 10.8. The third-order valence-corrected chi connectivity index (χ3v) is 8.55. The van der Waals surface area contributed by atoms with Gasteiger partial charge in [-0.05, 0) is 46.3 Å². The molecule has 0 aromatic carbocycles. The van der Waals surface area contributed by atoms with Gasteiger partial charge >= 0.3 is 0 Å². The van der Waals surface area contributed by atoms with Crippen molar-refractivity contribution in [2.45, 2.75) is 39.7 Å². The second kappa shape index (κ2) is 4.04. The Bertz CT molecular complexity index is 142. The van der Waals surface area contributed by atoms with Gasteiger partial charge in [-0.3, -0.25) is 0 Å². The van der Waals surface area contributed by atoms with Gasteiger partial charge in [0, 0.05) is 0 Å². The maximum Gasteiger partial charge on any atom is 0.254 e. The fraction of sp³-hybridized carbons (Fsp3) is 1.00. The van der Waals surface area contributed by atoms with Crippen LogP contribution in [-0.4, -0.2) is 35.0 Å². The Hall–Kier alpha value is 0.354. The molecule has 0 aliphatic carbocycles. The first-order chi connectivity index (χ1) is 5.19. The van der Waals surface area contributed by atoms with Gasteiger partial charge in [0.15, 0.2) is 8.32 Å². The van der Waals surface area contributed by atoms with E-state index in [9.17, 15) is 0 Å². The molecule has 0 saturated heterocycles. The number of hydrogen-bond donors (Lipinski definition) is 0. The summed E-state index contributed by atoms with van der Waals surface area (Å²) in [5.74, 6) is 0. The van der Waals surface area contributed by atoms with Crippen molar-refractivity contribution in [2.24, 2.45) is 0 Å². The predicted octanol–water partition coefficient (Wildman–Crippen LogP) is 2.49. The van der Waals surface area contributed by atoms with Crippen LogP contribution in [0.2, 0.25) is 32.7 Å². The van der Waals surface area contributed by atoms with E-state index in [-0.39, 0.29) is 0 Å². The Labute approximate surface area is 79.3 Å². The van der Waals surface area contributed by atoms with Crippen LogP contribution in [0.1, 0.15) is 6.92 Å². The molecule has 0 unspecified atom stereocenters. The maximum absolute atomic E-state index is 6.18. The lowest BCUT2D eigenvalue weighted by Crippen LogP contribution is -2.54. The minimum absolute atomic E-state index is 1.09. The summed E-state index contributed by atoms with van der Waals surface area (Å²) in [6, 6.07) is 0. The van der Waals surface area contributed by atoms with E-state index in [1.165, 1.54) is 0 Å². The first-order valence-corrected chi connectivity index (χ1v) is 10.9. The maximum atomic E-state index is 6.18. The molecule has 0 fully saturated rings. The summed E-state index contributed by atoms with van der Waals surface area (Å²) in [4.78, 5) is 0. The van der Waals surface area contributed by atoms with E-state index < -0.39 is 16.8 Å². The van der Waals surface area contributed by atoms with Crippen LogP contribution in [0.15, 0.2) is 0 Å². The van der Waals surface area contributed by atoms with Crippen molar-refractivity contribution in [3.63, 3.8) is 0 Å². The quantitative estimate of drug-likeness (QED) is 0.654. The van der Waals surface area contributed by atoms with Gasteiger partial charge in [0.2, 0.25) is 0 Å². The summed E-state index contributed by atoms with van der Waals surface area (Å²) < 4.78 is 8.55. The van der Waals surface area contributed by atoms with Crippen LogP contribution in [0.5, 0.6) is 0 Å². The van der Waals surface area contributed by atoms with E-state index in [0.29, 0.717) is 0 Å². The molecule has 12 heavy (non-hydrogen) atoms. The Morgan fingerprint density at radius 2 is 1.50 bits per heavy atom. The number of rotatable bonds is 4. The molecule has 2 nitrogen and oxygen atoms in total. The van der Waals surface area contributed by atoms with Gasteiger partial charge in [0.05, 0.1) is 0 Å². The smallest absolute Gasteiger partial charge is 0.254 e. The average Bonchev–Trinajstić information content (AvgIpc) is 1.80. The van der Waals surface area contributed by atoms with Crippen molar-refractivity contribution in [3.05, 3.63) is 0 Å². The standard InChI is InChI=1S/C8H23NOSi2/c1-8-9(2)12(6,7)10-11(3,4)5/h8H2,1-7H3. The van der Waals surface area contributed by atoms with Crippen LogP contribution < -0.4 is 0 Å². The highest BCUT2D eigenvalue weighted by atomic mass is 28.4. The molecule has 0 N–H and O–H groups in total. The lowest BCUT2D eigenvalue weighted by Gasteiger charge is -2.37. The lowest BCUT2D eigenvalue weighted by molar-refractivity contribution is 0.410. The predicted molar refractivity (Wildman–Crippen MR) is 60.2 cm³/mol. The molecule has 0 rings (SSSR count). The SMILES string of the molecule is CCN(C)[Si](C)(C)O[Si](C)(C)C. The van der Waals surface area contributed by atoms with Crippen molar-refractivity contribution < 1.29 is 4.12 Å². The Kier molecular flexibility index (Phi) is 4.16. The molecular weight excluding hydrogens is 182 g/mol. The number of hydrogen-bond acceptors (Lipinski definition) is 2. The van der Waals surface area contributed by atoms with Gasteiger partial charge < -0.3 is 8.68 Å². The second-order valence-corrected chi connectivity index (χ2v) is 13.4. The van der Waals surface area contributed by atoms with Gasteiger partial charge in [-0.1, -0.05) is 6.92 Å². The molecule has 0 aliphatic rings. The van der Waals surface area contributed by atoms with E-state index in [0.717, 1.165) is 6.54 Å². The molecule has 0 aromatic heterocycles. The van der Waals surface area contributed by atoms with Crippen LogP contribution in [0, 0.1) is 0 Å². The van der Waals surface area contributed by atoms with E-state index in [1.54, 1.807) is 0 Å². The molecule has 0 bridgehead atoms. The zero-order valence-electron chi connectivity index (χ0n) is 9.56. The first-order valence-electron chi connectivity index (χ1n) is 4.60. The molecule has 0 radical (unpaired) electrons. The minimum atomic E-state index is -1.55. The van der Waals surface area contributed by atoms with E-state index >= 15 is 0 Å². The fourth-order valence-electron chi connectivity index (χ4n) is 1.21. The van der Waals surface area contributed by atoms with E-state index in [2.05, 4.69) is 51.3 Å². The van der Waals surface area contributed by atoms with Crippen LogP contribution in [0.25, 0.3) is 0 Å². The Morgan fingerprint density at radius 3 is 1.75 bits per heavy atom. The topological polar surface area (TPSA) is 12.5 Å². The highest BCUT2D eigenvalue weighted by Gasteiger charge is 2.32. The first kappa shape index (κ1) is 12.4. The van der Waals surface area contributed by atoms with Gasteiger partial charge in [-0.15, -0.1) is 0 Å². The zero-order chi connectivity index (χ0) is 9.99. The second-order valence-electron chi connectivity index (χ2n) is 4.68. The van der Waals surface area contributed by atoms with E-state index in [4.69, 9.17) is 4.12 Å². The minimum Gasteiger partial charge on any atom is -0.445 e. The third-order valence-electron chi connectivity index (χ3n) is 1.95. The highest BCUT2D eigenvalue weighted by molar-refractivity contribution is 6.82. The molecule has 74 valence electrons. The van der Waals surface area contributed by atoms with Crippen molar-refractivity contribution in [1.29, 1.82) is 0 Å². The zero-order valence-corrected chi connectivity index (χ0v) is 11.6. The molecular formula is C8H23NOSi2. The fourth-order valence-corrected chi connectivity index (χ4v) is 8.59. The molecule has 4 heteroatoms. The summed E-state index contributed by atoms with van der Waals surface area (Å²) in [6.45, 7) is 14.6. The Morgan fingerprint density at radius 1 is 1.08 bits per heavy atom. The molecule has 0 amide bonds. The molecule has 0 spiro atoms. The normalized spacial score (nSPS) is 14.0. The molecule has 0 aliphatic heterocycles. The Balaban J connectivity index is 4.22. The monoisotopic (exact) mass is 205 g/mol. The van der Waals surface area contributed by atoms with Crippen LogP contribution in [0.3, 0.4) is 0 Å². The summed E-state index contributed by atoms with van der Waals surface area (Å²) >= 11 is 0. The highest BCUT2D eigenvalue weighted by Crippen LogP contribution is 2.16. The molecule has 0 saturated carbocycles. The van der Waals surface area contributed by atoms with Crippen molar-refractivity contribution in [1.82, 2.24) is 4.57 Å². The van der Waals surface area contributed by atoms with Crippen LogP contribution in [-0.2, 0) is 4.12 Å². The average molecular weight is 205 g/mol. The molecule has 0 atom stereocenters. The van der Waals surface area contributed by atoms with E-state index in [1.807, 2.05) is 0 Å². The third kappa shape index (κ3) is 4.40. The summed E-state index contributed by atoms with van der Waals surface area (Å²) in [7, 11) is -0.740. The summed E-state index contributed by atoms with van der Waals surface area (Å²) in [6.07, 6.45) is 0. The van der Waals surface area contributed by atoms with Crippen LogP contribution >= 0.6 is 0 Å². The van der Waals surface area contributed by atoms with Gasteiger partial charge in [0.1, 0.15) is 0 Å². The van der Waals surface area contributed by atoms with Crippen LogP contribution in [0.4, 0.5) is 0 Å². The summed E-state index contributed by atoms with van der Waals surface area (Å²) in [5, 5.41) is 0. The van der Waals surface area contributed by atoms with Crippen molar-refractivity contribution in [2.75, 3.05) is 13.6 Å². The summed E-state index contributed by atoms with van der Waals surface area (Å²) in [5.41, 5.74) is 0. The van der Waals surface area contributed by atoms with Gasteiger partial charge in [-0.2, -0.15) is 0 Å².